The molecule has 1 aliphatic heterocycles. The molecule has 0 amide bonds. The Morgan fingerprint density at radius 1 is 1.00 bits per heavy atom. The van der Waals surface area contributed by atoms with Gasteiger partial charge in [0.25, 0.3) is 10.2 Å². The molecular formula is C12H25N3O4S2. The lowest BCUT2D eigenvalue weighted by Crippen LogP contribution is -2.52. The summed E-state index contributed by atoms with van der Waals surface area (Å²) < 4.78 is 54.3. The highest BCUT2D eigenvalue weighted by molar-refractivity contribution is 7.90. The third-order valence-corrected chi connectivity index (χ3v) is 8.08. The van der Waals surface area contributed by atoms with Gasteiger partial charge in [0.15, 0.2) is 0 Å². The first-order valence-corrected chi connectivity index (χ1v) is 10.4. The van der Waals surface area contributed by atoms with Crippen LogP contribution in [0, 0.1) is 0 Å². The van der Waals surface area contributed by atoms with E-state index in [1.807, 2.05) is 0 Å². The molecule has 0 aromatic heterocycles. The first-order chi connectivity index (χ1) is 9.73. The fourth-order valence-electron chi connectivity index (χ4n) is 2.97. The van der Waals surface area contributed by atoms with Crippen LogP contribution in [0.1, 0.15) is 38.5 Å². The Morgan fingerprint density at radius 2 is 1.62 bits per heavy atom. The maximum Gasteiger partial charge on any atom is 0.281 e. The number of hydrogen-bond donors (Lipinski definition) is 1. The zero-order valence-corrected chi connectivity index (χ0v) is 14.3. The van der Waals surface area contributed by atoms with Gasteiger partial charge in [-0.3, -0.25) is 0 Å². The molecule has 0 radical (unpaired) electrons. The summed E-state index contributed by atoms with van der Waals surface area (Å²) >= 11 is 0. The Labute approximate surface area is 127 Å². The minimum Gasteiger partial charge on any atom is -0.212 e. The molecule has 0 bridgehead atoms. The predicted octanol–water partition coefficient (Wildman–Crippen LogP) is 0.119. The minimum absolute atomic E-state index is 0.0239. The molecule has 0 aromatic rings. The van der Waals surface area contributed by atoms with Gasteiger partial charge in [0, 0.05) is 33.2 Å². The monoisotopic (exact) mass is 339 g/mol. The molecule has 2 rings (SSSR count). The highest BCUT2D eigenvalue weighted by atomic mass is 32.2. The minimum atomic E-state index is -3.55. The van der Waals surface area contributed by atoms with Crippen LogP contribution in [0.25, 0.3) is 0 Å². The number of hydrogen-bond acceptors (Lipinski definition) is 4. The zero-order chi connectivity index (χ0) is 15.7. The Kier molecular flexibility index (Phi) is 5.30. The molecule has 1 N–H and O–H groups in total. The van der Waals surface area contributed by atoms with Crippen molar-refractivity contribution in [3.8, 4) is 0 Å². The molecule has 1 heterocycles. The van der Waals surface area contributed by atoms with Gasteiger partial charge in [-0.1, -0.05) is 12.8 Å². The number of nitrogens with zero attached hydrogens (tertiary/aromatic N) is 2. The first-order valence-electron chi connectivity index (χ1n) is 7.42. The summed E-state index contributed by atoms with van der Waals surface area (Å²) in [6.45, 7) is 0.429. The van der Waals surface area contributed by atoms with Crippen molar-refractivity contribution < 1.29 is 16.8 Å². The second kappa shape index (κ2) is 6.49. The van der Waals surface area contributed by atoms with Gasteiger partial charge in [-0.2, -0.15) is 17.0 Å². The zero-order valence-electron chi connectivity index (χ0n) is 12.7. The van der Waals surface area contributed by atoms with E-state index in [9.17, 15) is 16.8 Å². The van der Waals surface area contributed by atoms with E-state index in [1.165, 1.54) is 18.4 Å². The van der Waals surface area contributed by atoms with Crippen molar-refractivity contribution in [3.05, 3.63) is 0 Å². The summed E-state index contributed by atoms with van der Waals surface area (Å²) in [4.78, 5) is 0. The molecule has 9 heteroatoms. The van der Waals surface area contributed by atoms with Crippen LogP contribution in [0.15, 0.2) is 0 Å². The standard InChI is InChI=1S/C12H25N3O4S2/c1-14(2)21(18,19)15-9-5-8-12(10-15)20(16,17)13-11-6-3-4-7-11/h11-13H,3-10H2,1-2H3/t12-/m1/s1. The number of sulfonamides is 1. The van der Waals surface area contributed by atoms with E-state index in [0.717, 1.165) is 30.0 Å². The van der Waals surface area contributed by atoms with Crippen molar-refractivity contribution in [3.63, 3.8) is 0 Å². The largest absolute Gasteiger partial charge is 0.281 e. The maximum absolute atomic E-state index is 12.4. The van der Waals surface area contributed by atoms with Crippen LogP contribution in [0.3, 0.4) is 0 Å². The third kappa shape index (κ3) is 3.95. The maximum atomic E-state index is 12.4. The van der Waals surface area contributed by atoms with Crippen molar-refractivity contribution in [1.29, 1.82) is 0 Å². The summed E-state index contributed by atoms with van der Waals surface area (Å²) in [5.41, 5.74) is 0. The van der Waals surface area contributed by atoms with Crippen molar-refractivity contribution in [1.82, 2.24) is 13.3 Å². The number of piperidine rings is 1. The van der Waals surface area contributed by atoms with Gasteiger partial charge >= 0.3 is 0 Å². The van der Waals surface area contributed by atoms with E-state index in [0.29, 0.717) is 19.4 Å². The highest BCUT2D eigenvalue weighted by Gasteiger charge is 2.37. The smallest absolute Gasteiger partial charge is 0.212 e. The predicted molar refractivity (Wildman–Crippen MR) is 81.5 cm³/mol. The molecule has 7 nitrogen and oxygen atoms in total. The van der Waals surface area contributed by atoms with Gasteiger partial charge in [-0.25, -0.2) is 13.1 Å². The average molecular weight is 339 g/mol. The fraction of sp³-hybridized carbons (Fsp3) is 1.00. The Balaban J connectivity index is 2.06. The molecule has 21 heavy (non-hydrogen) atoms. The fourth-order valence-corrected chi connectivity index (χ4v) is 6.00. The Hall–Kier alpha value is -0.220. The molecule has 0 spiro atoms. The second-order valence-electron chi connectivity index (χ2n) is 6.06. The summed E-state index contributed by atoms with van der Waals surface area (Å²) in [5.74, 6) is 0. The van der Waals surface area contributed by atoms with Crippen LogP contribution in [0.5, 0.6) is 0 Å². The van der Waals surface area contributed by atoms with Crippen LogP contribution >= 0.6 is 0 Å². The molecular weight excluding hydrogens is 314 g/mol. The Bertz CT molecular complexity index is 553. The van der Waals surface area contributed by atoms with Gasteiger partial charge in [0.2, 0.25) is 10.0 Å². The van der Waals surface area contributed by atoms with Crippen molar-refractivity contribution in [2.75, 3.05) is 27.2 Å². The van der Waals surface area contributed by atoms with E-state index in [4.69, 9.17) is 0 Å². The molecule has 2 aliphatic rings. The summed E-state index contributed by atoms with van der Waals surface area (Å²) in [6, 6.07) is 0.0239. The quantitative estimate of drug-likeness (QED) is 0.771. The summed E-state index contributed by atoms with van der Waals surface area (Å²) in [5, 5.41) is -0.651. The summed E-state index contributed by atoms with van der Waals surface area (Å²) in [7, 11) is -4.08. The molecule has 1 saturated heterocycles. The van der Waals surface area contributed by atoms with Gasteiger partial charge in [-0.05, 0) is 25.7 Å². The first kappa shape index (κ1) is 17.1. The normalized spacial score (nSPS) is 26.5. The lowest BCUT2D eigenvalue weighted by molar-refractivity contribution is 0.323. The van der Waals surface area contributed by atoms with Crippen molar-refractivity contribution in [2.24, 2.45) is 0 Å². The van der Waals surface area contributed by atoms with Crippen LogP contribution in [-0.4, -0.2) is 63.9 Å². The molecule has 2 fully saturated rings. The van der Waals surface area contributed by atoms with E-state index < -0.39 is 25.5 Å². The van der Waals surface area contributed by atoms with Crippen molar-refractivity contribution >= 4 is 20.2 Å². The van der Waals surface area contributed by atoms with E-state index in [2.05, 4.69) is 4.72 Å². The van der Waals surface area contributed by atoms with E-state index in [-0.39, 0.29) is 12.6 Å². The third-order valence-electron chi connectivity index (χ3n) is 4.25. The van der Waals surface area contributed by atoms with Crippen LogP contribution in [0.2, 0.25) is 0 Å². The van der Waals surface area contributed by atoms with Crippen LogP contribution in [0.4, 0.5) is 0 Å². The van der Waals surface area contributed by atoms with Crippen LogP contribution in [-0.2, 0) is 20.2 Å². The second-order valence-corrected chi connectivity index (χ2v) is 10.2. The molecule has 0 aromatic carbocycles. The molecule has 0 unspecified atom stereocenters. The Morgan fingerprint density at radius 3 is 2.19 bits per heavy atom. The number of rotatable bonds is 5. The molecule has 1 aliphatic carbocycles. The van der Waals surface area contributed by atoms with Crippen LogP contribution < -0.4 is 4.72 Å². The van der Waals surface area contributed by atoms with Gasteiger partial charge < -0.3 is 0 Å². The van der Waals surface area contributed by atoms with E-state index >= 15 is 0 Å². The molecule has 1 saturated carbocycles. The van der Waals surface area contributed by atoms with Gasteiger partial charge in [0.05, 0.1) is 5.25 Å². The highest BCUT2D eigenvalue weighted by Crippen LogP contribution is 2.23. The topological polar surface area (TPSA) is 86.8 Å². The van der Waals surface area contributed by atoms with Gasteiger partial charge in [-0.15, -0.1) is 0 Å². The van der Waals surface area contributed by atoms with Crippen molar-refractivity contribution in [2.45, 2.75) is 49.8 Å². The lowest BCUT2D eigenvalue weighted by atomic mass is 10.2. The lowest BCUT2D eigenvalue weighted by Gasteiger charge is -2.33. The van der Waals surface area contributed by atoms with E-state index in [1.54, 1.807) is 0 Å². The average Bonchev–Trinajstić information content (AvgIpc) is 2.91. The SMILES string of the molecule is CN(C)S(=O)(=O)N1CCC[C@@H](S(=O)(=O)NC2CCCC2)C1. The molecule has 1 atom stereocenters. The molecule has 124 valence electrons. The summed E-state index contributed by atoms with van der Waals surface area (Å²) in [6.07, 6.45) is 4.96. The number of nitrogens with one attached hydrogen (secondary N) is 1. The van der Waals surface area contributed by atoms with Gasteiger partial charge in [0.1, 0.15) is 0 Å².